The first-order chi connectivity index (χ1) is 19.0. The molecule has 3 aromatic rings. The number of benzene rings is 3. The number of carbonyl (C=O) groups excluding carboxylic acids is 2. The van der Waals surface area contributed by atoms with Crippen molar-refractivity contribution >= 4 is 43.5 Å². The highest BCUT2D eigenvalue weighted by atomic mass is 79.9. The summed E-state index contributed by atoms with van der Waals surface area (Å²) < 4.78 is 40.5. The molecule has 0 aliphatic rings. The largest absolute Gasteiger partial charge is 0.497 e. The van der Waals surface area contributed by atoms with Crippen LogP contribution in [0.3, 0.4) is 0 Å². The molecule has 1 N–H and O–H groups in total. The van der Waals surface area contributed by atoms with Gasteiger partial charge in [-0.25, -0.2) is 8.42 Å². The van der Waals surface area contributed by atoms with Gasteiger partial charge in [0.1, 0.15) is 24.1 Å². The van der Waals surface area contributed by atoms with Gasteiger partial charge in [-0.15, -0.1) is 0 Å². The normalized spacial score (nSPS) is 12.0. The Morgan fingerprint density at radius 2 is 1.52 bits per heavy atom. The third kappa shape index (κ3) is 7.54. The van der Waals surface area contributed by atoms with Gasteiger partial charge in [0, 0.05) is 17.1 Å². The molecule has 214 valence electrons. The summed E-state index contributed by atoms with van der Waals surface area (Å²) in [7, 11) is -1.33. The highest BCUT2D eigenvalue weighted by molar-refractivity contribution is 9.10. The second-order valence-electron chi connectivity index (χ2n) is 9.35. The minimum absolute atomic E-state index is 0.0305. The Morgan fingerprint density at radius 1 is 0.900 bits per heavy atom. The van der Waals surface area contributed by atoms with Gasteiger partial charge in [0.05, 0.1) is 24.8 Å². The Balaban J connectivity index is 2.06. The molecule has 0 saturated heterocycles. The maximum atomic E-state index is 14.0. The molecule has 0 fully saturated rings. The van der Waals surface area contributed by atoms with E-state index in [9.17, 15) is 18.0 Å². The number of nitrogens with one attached hydrogen (secondary N) is 1. The Bertz CT molecular complexity index is 1410. The van der Waals surface area contributed by atoms with Crippen molar-refractivity contribution in [2.24, 2.45) is 0 Å². The zero-order chi connectivity index (χ0) is 29.4. The van der Waals surface area contributed by atoms with E-state index in [0.717, 1.165) is 14.3 Å². The molecule has 0 saturated carbocycles. The van der Waals surface area contributed by atoms with Gasteiger partial charge < -0.3 is 19.7 Å². The molecular formula is C29H34BrN3O6S. The van der Waals surface area contributed by atoms with E-state index in [-0.39, 0.29) is 34.8 Å². The summed E-state index contributed by atoms with van der Waals surface area (Å²) in [6, 6.07) is 18.8. The molecule has 1 atom stereocenters. The smallest absolute Gasteiger partial charge is 0.264 e. The van der Waals surface area contributed by atoms with Gasteiger partial charge in [-0.3, -0.25) is 13.9 Å². The molecule has 0 radical (unpaired) electrons. The van der Waals surface area contributed by atoms with Crippen molar-refractivity contribution in [1.82, 2.24) is 10.2 Å². The first-order valence-electron chi connectivity index (χ1n) is 12.6. The third-order valence-electron chi connectivity index (χ3n) is 6.14. The lowest BCUT2D eigenvalue weighted by atomic mass is 10.1. The predicted molar refractivity (Wildman–Crippen MR) is 158 cm³/mol. The number of anilines is 1. The molecule has 9 nitrogen and oxygen atoms in total. The number of hydrogen-bond acceptors (Lipinski definition) is 6. The van der Waals surface area contributed by atoms with E-state index in [1.54, 1.807) is 31.2 Å². The van der Waals surface area contributed by atoms with Gasteiger partial charge in [0.2, 0.25) is 11.8 Å². The number of hydrogen-bond donors (Lipinski definition) is 1. The lowest BCUT2D eigenvalue weighted by Crippen LogP contribution is -2.52. The van der Waals surface area contributed by atoms with Crippen LogP contribution in [0.25, 0.3) is 0 Å². The topological polar surface area (TPSA) is 105 Å². The molecule has 40 heavy (non-hydrogen) atoms. The Labute approximate surface area is 244 Å². The number of para-hydroxylation sites is 2. The van der Waals surface area contributed by atoms with E-state index in [4.69, 9.17) is 9.47 Å². The number of amides is 2. The average Bonchev–Trinajstić information content (AvgIpc) is 2.94. The maximum Gasteiger partial charge on any atom is 0.264 e. The van der Waals surface area contributed by atoms with Gasteiger partial charge in [-0.05, 0) is 74.9 Å². The first kappa shape index (κ1) is 31.0. The summed E-state index contributed by atoms with van der Waals surface area (Å²) in [5, 5.41) is 2.84. The van der Waals surface area contributed by atoms with Gasteiger partial charge in [-0.1, -0.05) is 40.2 Å². The van der Waals surface area contributed by atoms with Crippen LogP contribution in [0.5, 0.6) is 11.5 Å². The van der Waals surface area contributed by atoms with E-state index in [2.05, 4.69) is 21.2 Å². The van der Waals surface area contributed by atoms with Crippen LogP contribution in [0.2, 0.25) is 0 Å². The second kappa shape index (κ2) is 13.7. The number of halogens is 1. The third-order valence-corrected chi connectivity index (χ3v) is 8.45. The summed E-state index contributed by atoms with van der Waals surface area (Å²) in [5.74, 6) is -0.137. The molecule has 0 heterocycles. The molecule has 3 rings (SSSR count). The van der Waals surface area contributed by atoms with Crippen LogP contribution < -0.4 is 19.1 Å². The van der Waals surface area contributed by atoms with Crippen LogP contribution in [0.15, 0.2) is 82.2 Å². The number of carbonyl (C=O) groups is 2. The second-order valence-corrected chi connectivity index (χ2v) is 12.1. The summed E-state index contributed by atoms with van der Waals surface area (Å²) in [6.45, 7) is 4.82. The van der Waals surface area contributed by atoms with E-state index >= 15 is 0 Å². The van der Waals surface area contributed by atoms with Gasteiger partial charge in [0.25, 0.3) is 10.0 Å². The van der Waals surface area contributed by atoms with Crippen LogP contribution in [-0.4, -0.2) is 58.0 Å². The van der Waals surface area contributed by atoms with Crippen molar-refractivity contribution < 1.29 is 27.5 Å². The van der Waals surface area contributed by atoms with Gasteiger partial charge >= 0.3 is 0 Å². The van der Waals surface area contributed by atoms with Crippen LogP contribution >= 0.6 is 15.9 Å². The Kier molecular flexibility index (Phi) is 10.6. The van der Waals surface area contributed by atoms with Gasteiger partial charge in [0.15, 0.2) is 0 Å². The molecule has 0 spiro atoms. The van der Waals surface area contributed by atoms with Crippen LogP contribution in [0, 0.1) is 0 Å². The Hall–Kier alpha value is -3.57. The van der Waals surface area contributed by atoms with Crippen LogP contribution in [0.4, 0.5) is 5.69 Å². The number of rotatable bonds is 12. The number of nitrogens with zero attached hydrogens (tertiary/aromatic N) is 2. The van der Waals surface area contributed by atoms with Crippen molar-refractivity contribution in [3.8, 4) is 11.5 Å². The number of ether oxygens (including phenoxy) is 2. The molecule has 0 aliphatic heterocycles. The van der Waals surface area contributed by atoms with Crippen LogP contribution in [0.1, 0.15) is 26.3 Å². The quantitative estimate of drug-likeness (QED) is 0.313. The molecule has 0 unspecified atom stereocenters. The van der Waals surface area contributed by atoms with E-state index in [0.29, 0.717) is 5.75 Å². The summed E-state index contributed by atoms with van der Waals surface area (Å²) in [5.41, 5.74) is 0.972. The van der Waals surface area contributed by atoms with E-state index in [1.165, 1.54) is 43.4 Å². The highest BCUT2D eigenvalue weighted by Crippen LogP contribution is 2.33. The van der Waals surface area contributed by atoms with E-state index < -0.39 is 28.5 Å². The highest BCUT2D eigenvalue weighted by Gasteiger charge is 2.33. The molecular weight excluding hydrogens is 598 g/mol. The minimum Gasteiger partial charge on any atom is -0.497 e. The molecule has 2 amide bonds. The lowest BCUT2D eigenvalue weighted by Gasteiger charge is -2.32. The SMILES string of the molecule is COc1ccc(S(=O)(=O)N(CC(=O)N(Cc2ccc(Br)cc2)[C@@H](C)C(=O)NC(C)C)c2ccccc2OC)cc1. The first-order valence-corrected chi connectivity index (χ1v) is 14.8. The monoisotopic (exact) mass is 631 g/mol. The standard InChI is InChI=1S/C29H34BrN3O6S/c1-20(2)31-29(35)21(3)32(18-22-10-12-23(30)13-11-22)28(34)19-33(26-8-6-7-9-27(26)39-5)40(36,37)25-16-14-24(38-4)15-17-25/h6-17,20-21H,18-19H2,1-5H3,(H,31,35)/t21-/m0/s1. The summed E-state index contributed by atoms with van der Waals surface area (Å²) >= 11 is 3.41. The fourth-order valence-corrected chi connectivity index (χ4v) is 5.69. The lowest BCUT2D eigenvalue weighted by molar-refractivity contribution is -0.139. The van der Waals surface area contributed by atoms with Gasteiger partial charge in [-0.2, -0.15) is 0 Å². The van der Waals surface area contributed by atoms with Crippen molar-refractivity contribution in [2.75, 3.05) is 25.1 Å². The van der Waals surface area contributed by atoms with Crippen molar-refractivity contribution in [3.63, 3.8) is 0 Å². The zero-order valence-electron chi connectivity index (χ0n) is 23.1. The average molecular weight is 633 g/mol. The van der Waals surface area contributed by atoms with Crippen molar-refractivity contribution in [2.45, 2.75) is 44.3 Å². The molecule has 3 aromatic carbocycles. The minimum atomic E-state index is -4.24. The van der Waals surface area contributed by atoms with E-state index in [1.807, 2.05) is 38.1 Å². The summed E-state index contributed by atoms with van der Waals surface area (Å²) in [4.78, 5) is 28.3. The fraction of sp³-hybridized carbons (Fsp3) is 0.310. The number of methoxy groups -OCH3 is 2. The molecule has 11 heteroatoms. The number of sulfonamides is 1. The van der Waals surface area contributed by atoms with Crippen LogP contribution in [-0.2, 0) is 26.2 Å². The fourth-order valence-electron chi connectivity index (χ4n) is 4.00. The zero-order valence-corrected chi connectivity index (χ0v) is 25.5. The maximum absolute atomic E-state index is 14.0. The molecule has 0 aromatic heterocycles. The van der Waals surface area contributed by atoms with Crippen molar-refractivity contribution in [3.05, 3.63) is 82.8 Å². The molecule has 0 bridgehead atoms. The summed E-state index contributed by atoms with van der Waals surface area (Å²) in [6.07, 6.45) is 0. The molecule has 0 aliphatic carbocycles. The Morgan fingerprint density at radius 3 is 2.10 bits per heavy atom. The predicted octanol–water partition coefficient (Wildman–Crippen LogP) is 4.60. The van der Waals surface area contributed by atoms with Crippen molar-refractivity contribution in [1.29, 1.82) is 0 Å².